The molecule has 0 heterocycles. The van der Waals surface area contributed by atoms with Crippen molar-refractivity contribution in [2.45, 2.75) is 6.92 Å². The van der Waals surface area contributed by atoms with Gasteiger partial charge in [-0.15, -0.1) is 0 Å². The molecule has 1 aromatic carbocycles. The number of alkyl halides is 1. The number of halogens is 3. The second-order valence-electron chi connectivity index (χ2n) is 2.62. The molecule has 4 heteroatoms. The van der Waals surface area contributed by atoms with Crippen molar-refractivity contribution in [3.05, 3.63) is 32.8 Å². The molecule has 0 saturated heterocycles. The van der Waals surface area contributed by atoms with Gasteiger partial charge in [-0.25, -0.2) is 0 Å². The first-order valence-corrected chi connectivity index (χ1v) is 5.90. The lowest BCUT2D eigenvalue weighted by molar-refractivity contribution is 0.102. The first-order chi connectivity index (χ1) is 6.06. The summed E-state index contributed by atoms with van der Waals surface area (Å²) in [5.41, 5.74) is 1.59. The summed E-state index contributed by atoms with van der Waals surface area (Å²) in [5.74, 6) is 0.0423. The number of ketones is 1. The van der Waals surface area contributed by atoms with Gasteiger partial charge < -0.3 is 0 Å². The van der Waals surface area contributed by atoms with Crippen LogP contribution < -0.4 is 0 Å². The molecule has 13 heavy (non-hydrogen) atoms. The molecule has 1 nitrogen and oxygen atoms in total. The number of carbonyl (C=O) groups excluding carboxylic acids is 1. The van der Waals surface area contributed by atoms with Crippen molar-refractivity contribution < 1.29 is 4.79 Å². The molecular weight excluding hydrogens is 319 g/mol. The van der Waals surface area contributed by atoms with E-state index in [1.54, 1.807) is 12.1 Å². The summed E-state index contributed by atoms with van der Waals surface area (Å²) in [6.07, 6.45) is 0. The number of Topliss-reactive ketones (excluding diaryl/α,β-unsaturated/α-hetero) is 1. The molecule has 1 rings (SSSR count). The predicted molar refractivity (Wildman–Crippen MR) is 62.0 cm³/mol. The van der Waals surface area contributed by atoms with Crippen LogP contribution in [0.1, 0.15) is 15.9 Å². The van der Waals surface area contributed by atoms with Crippen LogP contribution in [0.5, 0.6) is 0 Å². The van der Waals surface area contributed by atoms with Crippen LogP contribution in [-0.4, -0.2) is 11.1 Å². The fourth-order valence-electron chi connectivity index (χ4n) is 1.01. The summed E-state index contributed by atoms with van der Waals surface area (Å²) in [4.78, 5) is 11.4. The van der Waals surface area contributed by atoms with Crippen LogP contribution in [-0.2, 0) is 0 Å². The van der Waals surface area contributed by atoms with Gasteiger partial charge >= 0.3 is 0 Å². The highest BCUT2D eigenvalue weighted by atomic mass is 79.9. The highest BCUT2D eigenvalue weighted by Crippen LogP contribution is 2.25. The van der Waals surface area contributed by atoms with Crippen molar-refractivity contribution in [1.29, 1.82) is 0 Å². The van der Waals surface area contributed by atoms with Crippen LogP contribution in [0.15, 0.2) is 16.6 Å². The molecule has 0 spiro atoms. The van der Waals surface area contributed by atoms with Crippen molar-refractivity contribution in [1.82, 2.24) is 0 Å². The van der Waals surface area contributed by atoms with Gasteiger partial charge in [0.05, 0.1) is 5.33 Å². The third-order valence-electron chi connectivity index (χ3n) is 1.73. The highest BCUT2D eigenvalue weighted by Gasteiger charge is 2.10. The zero-order valence-corrected chi connectivity index (χ0v) is 10.8. The molecule has 0 fully saturated rings. The smallest absolute Gasteiger partial charge is 0.173 e. The summed E-state index contributed by atoms with van der Waals surface area (Å²) >= 11 is 12.3. The Balaban J connectivity index is 3.28. The number of hydrogen-bond acceptors (Lipinski definition) is 1. The second-order valence-corrected chi connectivity index (χ2v) is 4.47. The Morgan fingerprint density at radius 3 is 2.69 bits per heavy atom. The van der Waals surface area contributed by atoms with E-state index >= 15 is 0 Å². The first kappa shape index (κ1) is 11.2. The largest absolute Gasteiger partial charge is 0.293 e. The van der Waals surface area contributed by atoms with E-state index in [-0.39, 0.29) is 5.78 Å². The molecule has 0 aliphatic heterocycles. The van der Waals surface area contributed by atoms with Gasteiger partial charge in [0.1, 0.15) is 0 Å². The topological polar surface area (TPSA) is 17.1 Å². The molecule has 70 valence electrons. The van der Waals surface area contributed by atoms with E-state index in [4.69, 9.17) is 11.6 Å². The Morgan fingerprint density at radius 1 is 1.54 bits per heavy atom. The SMILES string of the molecule is Cc1c(Br)cc(Cl)cc1C(=O)CBr. The third kappa shape index (κ3) is 2.55. The maximum absolute atomic E-state index is 11.4. The summed E-state index contributed by atoms with van der Waals surface area (Å²) in [5, 5.41) is 0.891. The molecule has 0 N–H and O–H groups in total. The fraction of sp³-hybridized carbons (Fsp3) is 0.222. The molecule has 0 atom stereocenters. The zero-order chi connectivity index (χ0) is 10.0. The molecule has 0 radical (unpaired) electrons. The Bertz CT molecular complexity index is 350. The monoisotopic (exact) mass is 324 g/mol. The molecule has 0 amide bonds. The summed E-state index contributed by atoms with van der Waals surface area (Å²) in [6, 6.07) is 3.47. The van der Waals surface area contributed by atoms with Crippen molar-refractivity contribution >= 4 is 49.2 Å². The van der Waals surface area contributed by atoms with Crippen molar-refractivity contribution in [2.75, 3.05) is 5.33 Å². The summed E-state index contributed by atoms with van der Waals surface area (Å²) in [7, 11) is 0. The predicted octanol–water partition coefficient (Wildman–Crippen LogP) is 3.99. The molecule has 0 bridgehead atoms. The molecule has 0 aromatic heterocycles. The van der Waals surface area contributed by atoms with Crippen molar-refractivity contribution in [2.24, 2.45) is 0 Å². The van der Waals surface area contributed by atoms with Crippen LogP contribution in [0.2, 0.25) is 5.02 Å². The molecule has 0 saturated carbocycles. The van der Waals surface area contributed by atoms with Gasteiger partial charge in [-0.3, -0.25) is 4.79 Å². The third-order valence-corrected chi connectivity index (χ3v) is 3.28. The zero-order valence-electron chi connectivity index (χ0n) is 6.90. The molecule has 0 aliphatic carbocycles. The molecular formula is C9H7Br2ClO. The van der Waals surface area contributed by atoms with Crippen LogP contribution in [0.25, 0.3) is 0 Å². The van der Waals surface area contributed by atoms with Gasteiger partial charge in [-0.2, -0.15) is 0 Å². The maximum atomic E-state index is 11.4. The van der Waals surface area contributed by atoms with E-state index in [0.717, 1.165) is 10.0 Å². The van der Waals surface area contributed by atoms with Gasteiger partial charge in [0.25, 0.3) is 0 Å². The average molecular weight is 326 g/mol. The van der Waals surface area contributed by atoms with Gasteiger partial charge in [0.15, 0.2) is 5.78 Å². The molecule has 0 aliphatic rings. The lowest BCUT2D eigenvalue weighted by atomic mass is 10.1. The fourth-order valence-corrected chi connectivity index (χ4v) is 2.12. The van der Waals surface area contributed by atoms with Crippen LogP contribution >= 0.6 is 43.5 Å². The standard InChI is InChI=1S/C9H7Br2ClO/c1-5-7(9(13)4-10)2-6(12)3-8(5)11/h2-3H,4H2,1H3. The number of carbonyl (C=O) groups is 1. The van der Waals surface area contributed by atoms with Gasteiger partial charge in [-0.05, 0) is 24.6 Å². The second kappa shape index (κ2) is 4.58. The Hall–Kier alpha value is 0.140. The number of rotatable bonds is 2. The van der Waals surface area contributed by atoms with Crippen molar-refractivity contribution in [3.63, 3.8) is 0 Å². The van der Waals surface area contributed by atoms with Crippen LogP contribution in [0.3, 0.4) is 0 Å². The van der Waals surface area contributed by atoms with E-state index in [1.165, 1.54) is 0 Å². The number of hydrogen-bond donors (Lipinski definition) is 0. The Morgan fingerprint density at radius 2 is 2.15 bits per heavy atom. The number of benzene rings is 1. The average Bonchev–Trinajstić information content (AvgIpc) is 2.10. The Kier molecular flexibility index (Phi) is 3.95. The minimum absolute atomic E-state index is 0.0423. The lowest BCUT2D eigenvalue weighted by Crippen LogP contribution is -2.03. The summed E-state index contributed by atoms with van der Waals surface area (Å²) < 4.78 is 0.865. The van der Waals surface area contributed by atoms with E-state index < -0.39 is 0 Å². The van der Waals surface area contributed by atoms with E-state index in [1.807, 2.05) is 6.92 Å². The van der Waals surface area contributed by atoms with Gasteiger partial charge in [-0.1, -0.05) is 43.5 Å². The van der Waals surface area contributed by atoms with Crippen LogP contribution in [0.4, 0.5) is 0 Å². The van der Waals surface area contributed by atoms with Crippen molar-refractivity contribution in [3.8, 4) is 0 Å². The van der Waals surface area contributed by atoms with Gasteiger partial charge in [0, 0.05) is 15.1 Å². The van der Waals surface area contributed by atoms with E-state index in [9.17, 15) is 4.79 Å². The van der Waals surface area contributed by atoms with E-state index in [0.29, 0.717) is 15.9 Å². The van der Waals surface area contributed by atoms with E-state index in [2.05, 4.69) is 31.9 Å². The molecule has 1 aromatic rings. The maximum Gasteiger partial charge on any atom is 0.173 e. The molecule has 0 unspecified atom stereocenters. The minimum Gasteiger partial charge on any atom is -0.293 e. The Labute approximate surface area is 98.7 Å². The minimum atomic E-state index is 0.0423. The normalized spacial score (nSPS) is 10.2. The first-order valence-electron chi connectivity index (χ1n) is 3.61. The lowest BCUT2D eigenvalue weighted by Gasteiger charge is -2.05. The summed E-state index contributed by atoms with van der Waals surface area (Å²) in [6.45, 7) is 1.89. The van der Waals surface area contributed by atoms with Gasteiger partial charge in [0.2, 0.25) is 0 Å². The highest BCUT2D eigenvalue weighted by molar-refractivity contribution is 9.10. The quantitative estimate of drug-likeness (QED) is 0.593. The van der Waals surface area contributed by atoms with Crippen LogP contribution in [0, 0.1) is 6.92 Å².